The van der Waals surface area contributed by atoms with Crippen LogP contribution in [-0.2, 0) is 0 Å². The maximum absolute atomic E-state index is 9.63. The number of aliphatic hydroxyl groups is 1. The summed E-state index contributed by atoms with van der Waals surface area (Å²) in [5, 5.41) is 13.3. The van der Waals surface area contributed by atoms with Crippen molar-refractivity contribution in [2.75, 3.05) is 6.61 Å². The Morgan fingerprint density at radius 2 is 2.00 bits per heavy atom. The zero-order valence-corrected chi connectivity index (χ0v) is 9.64. The fourth-order valence-electron chi connectivity index (χ4n) is 3.21. The summed E-state index contributed by atoms with van der Waals surface area (Å²) in [6.45, 7) is 7.21. The van der Waals surface area contributed by atoms with Crippen LogP contribution in [0.25, 0.3) is 0 Å². The van der Waals surface area contributed by atoms with Gasteiger partial charge in [-0.1, -0.05) is 20.8 Å². The van der Waals surface area contributed by atoms with Crippen molar-refractivity contribution in [2.45, 2.75) is 58.0 Å². The molecule has 0 saturated heterocycles. The number of rotatable bonds is 3. The first-order valence-electron chi connectivity index (χ1n) is 5.86. The predicted molar refractivity (Wildman–Crippen MR) is 58.2 cm³/mol. The molecule has 0 aromatic carbocycles. The van der Waals surface area contributed by atoms with Crippen molar-refractivity contribution in [2.24, 2.45) is 11.3 Å². The van der Waals surface area contributed by atoms with E-state index in [1.807, 2.05) is 0 Å². The maximum atomic E-state index is 9.63. The van der Waals surface area contributed by atoms with Crippen LogP contribution in [0.4, 0.5) is 0 Å². The first-order chi connectivity index (χ1) is 6.47. The Balaban J connectivity index is 2.09. The number of nitrogens with one attached hydrogen (secondary N) is 1. The molecular weight excluding hydrogens is 174 g/mol. The molecule has 2 unspecified atom stereocenters. The molecule has 2 N–H and O–H groups in total. The lowest BCUT2D eigenvalue weighted by Gasteiger charge is -2.34. The quantitative estimate of drug-likeness (QED) is 0.724. The van der Waals surface area contributed by atoms with E-state index in [4.69, 9.17) is 0 Å². The average Bonchev–Trinajstić information content (AvgIpc) is 2.81. The molecule has 2 aliphatic rings. The van der Waals surface area contributed by atoms with E-state index in [9.17, 15) is 5.11 Å². The van der Waals surface area contributed by atoms with Gasteiger partial charge < -0.3 is 10.4 Å². The summed E-state index contributed by atoms with van der Waals surface area (Å²) in [6, 6.07) is 0.693. The van der Waals surface area contributed by atoms with Crippen LogP contribution >= 0.6 is 0 Å². The van der Waals surface area contributed by atoms with E-state index in [1.165, 1.54) is 19.3 Å². The van der Waals surface area contributed by atoms with E-state index in [2.05, 4.69) is 26.1 Å². The molecule has 0 spiro atoms. The zero-order valence-electron chi connectivity index (χ0n) is 9.64. The Labute approximate surface area is 87.1 Å². The van der Waals surface area contributed by atoms with E-state index in [0.29, 0.717) is 24.0 Å². The molecule has 2 rings (SSSR count). The summed E-state index contributed by atoms with van der Waals surface area (Å²) in [6.07, 6.45) is 4.95. The molecule has 2 heteroatoms. The SMILES string of the molecule is CC1CC(C)(C)CC1(CO)NC1CC1. The molecule has 0 heterocycles. The van der Waals surface area contributed by atoms with E-state index < -0.39 is 0 Å². The highest BCUT2D eigenvalue weighted by molar-refractivity contribution is 5.06. The van der Waals surface area contributed by atoms with Gasteiger partial charge in [-0.3, -0.25) is 0 Å². The monoisotopic (exact) mass is 197 g/mol. The van der Waals surface area contributed by atoms with E-state index in [1.54, 1.807) is 0 Å². The second-order valence-corrected chi connectivity index (χ2v) is 6.18. The van der Waals surface area contributed by atoms with Crippen LogP contribution in [-0.4, -0.2) is 23.3 Å². The molecule has 2 saturated carbocycles. The normalized spacial score (nSPS) is 41.6. The first kappa shape index (κ1) is 10.4. The van der Waals surface area contributed by atoms with Crippen LogP contribution in [0.15, 0.2) is 0 Å². The topological polar surface area (TPSA) is 32.3 Å². The Hall–Kier alpha value is -0.0800. The molecule has 2 fully saturated rings. The van der Waals surface area contributed by atoms with Gasteiger partial charge in [-0.05, 0) is 37.0 Å². The molecule has 82 valence electrons. The highest BCUT2D eigenvalue weighted by Crippen LogP contribution is 2.48. The molecule has 14 heavy (non-hydrogen) atoms. The van der Waals surface area contributed by atoms with Gasteiger partial charge in [-0.15, -0.1) is 0 Å². The molecule has 2 aliphatic carbocycles. The van der Waals surface area contributed by atoms with Gasteiger partial charge in [0.1, 0.15) is 0 Å². The lowest BCUT2D eigenvalue weighted by molar-refractivity contribution is 0.123. The van der Waals surface area contributed by atoms with Crippen LogP contribution < -0.4 is 5.32 Å². The summed E-state index contributed by atoms with van der Waals surface area (Å²) in [5.41, 5.74) is 0.411. The highest BCUT2D eigenvalue weighted by atomic mass is 16.3. The highest BCUT2D eigenvalue weighted by Gasteiger charge is 2.49. The summed E-state index contributed by atoms with van der Waals surface area (Å²) in [4.78, 5) is 0. The maximum Gasteiger partial charge on any atom is 0.0616 e. The third-order valence-electron chi connectivity index (χ3n) is 3.95. The summed E-state index contributed by atoms with van der Waals surface area (Å²) < 4.78 is 0. The molecule has 0 radical (unpaired) electrons. The van der Waals surface area contributed by atoms with Crippen LogP contribution in [0.3, 0.4) is 0 Å². The molecule has 0 aromatic heterocycles. The lowest BCUT2D eigenvalue weighted by atomic mass is 9.87. The minimum atomic E-state index is 0.0185. The molecule has 0 amide bonds. The largest absolute Gasteiger partial charge is 0.394 e. The molecule has 0 aromatic rings. The average molecular weight is 197 g/mol. The van der Waals surface area contributed by atoms with Crippen LogP contribution in [0.1, 0.15) is 46.5 Å². The first-order valence-corrected chi connectivity index (χ1v) is 5.86. The molecule has 2 atom stereocenters. The Morgan fingerprint density at radius 3 is 2.36 bits per heavy atom. The van der Waals surface area contributed by atoms with E-state index in [-0.39, 0.29) is 5.54 Å². The predicted octanol–water partition coefficient (Wildman–Crippen LogP) is 1.93. The smallest absolute Gasteiger partial charge is 0.0616 e. The van der Waals surface area contributed by atoms with Gasteiger partial charge in [0.25, 0.3) is 0 Å². The minimum absolute atomic E-state index is 0.0185. The standard InChI is InChI=1S/C12H23NO/c1-9-6-11(2,3)7-12(9,8-14)13-10-4-5-10/h9-10,13-14H,4-8H2,1-3H3. The van der Waals surface area contributed by atoms with E-state index in [0.717, 1.165) is 6.42 Å². The number of hydrogen-bond acceptors (Lipinski definition) is 2. The minimum Gasteiger partial charge on any atom is -0.394 e. The lowest BCUT2D eigenvalue weighted by Crippen LogP contribution is -2.52. The van der Waals surface area contributed by atoms with E-state index >= 15 is 0 Å². The van der Waals surface area contributed by atoms with Crippen molar-refractivity contribution in [3.63, 3.8) is 0 Å². The van der Waals surface area contributed by atoms with Crippen molar-refractivity contribution in [3.05, 3.63) is 0 Å². The van der Waals surface area contributed by atoms with Gasteiger partial charge in [0.05, 0.1) is 6.61 Å². The van der Waals surface area contributed by atoms with Crippen molar-refractivity contribution in [1.29, 1.82) is 0 Å². The second-order valence-electron chi connectivity index (χ2n) is 6.18. The van der Waals surface area contributed by atoms with Crippen molar-refractivity contribution < 1.29 is 5.11 Å². The van der Waals surface area contributed by atoms with Crippen LogP contribution in [0.5, 0.6) is 0 Å². The van der Waals surface area contributed by atoms with Gasteiger partial charge in [-0.25, -0.2) is 0 Å². The van der Waals surface area contributed by atoms with Crippen molar-refractivity contribution in [1.82, 2.24) is 5.32 Å². The third kappa shape index (κ3) is 1.82. The molecule has 2 nitrogen and oxygen atoms in total. The van der Waals surface area contributed by atoms with Gasteiger partial charge >= 0.3 is 0 Å². The van der Waals surface area contributed by atoms with Crippen LogP contribution in [0, 0.1) is 11.3 Å². The fourth-order valence-corrected chi connectivity index (χ4v) is 3.21. The Kier molecular flexibility index (Phi) is 2.39. The third-order valence-corrected chi connectivity index (χ3v) is 3.95. The molecular formula is C12H23NO. The van der Waals surface area contributed by atoms with Crippen molar-refractivity contribution >= 4 is 0 Å². The fraction of sp³-hybridized carbons (Fsp3) is 1.00. The second kappa shape index (κ2) is 3.21. The van der Waals surface area contributed by atoms with Gasteiger partial charge in [0.15, 0.2) is 0 Å². The van der Waals surface area contributed by atoms with Gasteiger partial charge in [0, 0.05) is 11.6 Å². The van der Waals surface area contributed by atoms with Crippen molar-refractivity contribution in [3.8, 4) is 0 Å². The summed E-state index contributed by atoms with van der Waals surface area (Å²) in [5.74, 6) is 0.600. The summed E-state index contributed by atoms with van der Waals surface area (Å²) >= 11 is 0. The molecule has 0 bridgehead atoms. The van der Waals surface area contributed by atoms with Gasteiger partial charge in [0.2, 0.25) is 0 Å². The Bertz CT molecular complexity index is 222. The molecule has 0 aliphatic heterocycles. The summed E-state index contributed by atoms with van der Waals surface area (Å²) in [7, 11) is 0. The number of aliphatic hydroxyl groups excluding tert-OH is 1. The number of hydrogen-bond donors (Lipinski definition) is 2. The Morgan fingerprint density at radius 1 is 1.36 bits per heavy atom. The zero-order chi connectivity index (χ0) is 10.4. The van der Waals surface area contributed by atoms with Gasteiger partial charge in [-0.2, -0.15) is 0 Å². The van der Waals surface area contributed by atoms with Crippen LogP contribution in [0.2, 0.25) is 0 Å².